The summed E-state index contributed by atoms with van der Waals surface area (Å²) in [7, 11) is 1.61. The summed E-state index contributed by atoms with van der Waals surface area (Å²) in [4.78, 5) is 0. The molecule has 0 aliphatic rings. The summed E-state index contributed by atoms with van der Waals surface area (Å²) in [5.74, 6) is 5.83. The van der Waals surface area contributed by atoms with E-state index in [1.54, 1.807) is 19.2 Å². The van der Waals surface area contributed by atoms with E-state index in [1.807, 2.05) is 72.8 Å². The zero-order chi connectivity index (χ0) is 17.5. The van der Waals surface area contributed by atoms with Crippen LogP contribution in [0, 0.1) is 11.8 Å². The second-order valence-corrected chi connectivity index (χ2v) is 5.40. The minimum atomic E-state index is -0.451. The predicted octanol–water partition coefficient (Wildman–Crippen LogP) is 5.48. The number of ether oxygens (including phenoxy) is 1. The molecular weight excluding hydrogens is 311 g/mol. The first-order valence-electron chi connectivity index (χ1n) is 7.94. The number of methoxy groups -OCH3 is 1. The van der Waals surface area contributed by atoms with Gasteiger partial charge in [-0.15, -0.1) is 0 Å². The molecule has 0 aromatic heterocycles. The molecule has 0 radical (unpaired) electrons. The highest BCUT2D eigenvalue weighted by Gasteiger charge is 2.10. The van der Waals surface area contributed by atoms with Gasteiger partial charge < -0.3 is 4.74 Å². The van der Waals surface area contributed by atoms with Gasteiger partial charge in [-0.2, -0.15) is 4.39 Å². The lowest BCUT2D eigenvalue weighted by Crippen LogP contribution is -1.90. The summed E-state index contributed by atoms with van der Waals surface area (Å²) in [5.41, 5.74) is 2.84. The van der Waals surface area contributed by atoms with Crippen LogP contribution in [0.15, 0.2) is 90.8 Å². The van der Waals surface area contributed by atoms with Crippen molar-refractivity contribution >= 4 is 5.57 Å². The van der Waals surface area contributed by atoms with Crippen LogP contribution in [0.2, 0.25) is 0 Å². The highest BCUT2D eigenvalue weighted by Crippen LogP contribution is 2.27. The van der Waals surface area contributed by atoms with Crippen molar-refractivity contribution in [3.05, 3.63) is 107 Å². The normalized spacial score (nSPS) is 9.68. The Hall–Kier alpha value is -3.31. The molecule has 0 N–H and O–H groups in total. The Morgan fingerprint density at radius 3 is 1.76 bits per heavy atom. The van der Waals surface area contributed by atoms with Crippen molar-refractivity contribution in [1.29, 1.82) is 0 Å². The van der Waals surface area contributed by atoms with Crippen molar-refractivity contribution in [2.75, 3.05) is 7.11 Å². The van der Waals surface area contributed by atoms with Gasteiger partial charge in [0.15, 0.2) is 5.83 Å². The molecule has 25 heavy (non-hydrogen) atoms. The zero-order valence-corrected chi connectivity index (χ0v) is 13.9. The standard InChI is InChI=1S/C23H17FO/c1-25-21-15-12-18(13-16-21)14-17-22(24)23(19-8-4-2-5-9-19)20-10-6-3-7-11-20/h2-13,15-16H,1H3. The maximum atomic E-state index is 15.0. The lowest BCUT2D eigenvalue weighted by atomic mass is 9.97. The molecule has 0 fully saturated rings. The Morgan fingerprint density at radius 1 is 0.760 bits per heavy atom. The molecular formula is C23H17FO. The van der Waals surface area contributed by atoms with Crippen LogP contribution in [0.3, 0.4) is 0 Å². The summed E-state index contributed by atoms with van der Waals surface area (Å²) in [6.45, 7) is 0. The molecule has 0 spiro atoms. The van der Waals surface area contributed by atoms with E-state index < -0.39 is 5.83 Å². The summed E-state index contributed by atoms with van der Waals surface area (Å²) in [6.07, 6.45) is 0. The molecule has 0 atom stereocenters. The summed E-state index contributed by atoms with van der Waals surface area (Å²) < 4.78 is 20.1. The lowest BCUT2D eigenvalue weighted by Gasteiger charge is -2.08. The fourth-order valence-corrected chi connectivity index (χ4v) is 2.49. The second-order valence-electron chi connectivity index (χ2n) is 5.40. The van der Waals surface area contributed by atoms with Gasteiger partial charge in [0.1, 0.15) is 5.75 Å². The minimum absolute atomic E-state index is 0.451. The Labute approximate surface area is 147 Å². The largest absolute Gasteiger partial charge is 0.497 e. The third-order valence-electron chi connectivity index (χ3n) is 3.75. The van der Waals surface area contributed by atoms with Crippen LogP contribution < -0.4 is 4.74 Å². The number of benzene rings is 3. The van der Waals surface area contributed by atoms with E-state index >= 15 is 0 Å². The lowest BCUT2D eigenvalue weighted by molar-refractivity contribution is 0.415. The van der Waals surface area contributed by atoms with Crippen LogP contribution in [-0.4, -0.2) is 7.11 Å². The van der Waals surface area contributed by atoms with E-state index in [0.717, 1.165) is 22.4 Å². The second kappa shape index (κ2) is 7.99. The number of rotatable bonds is 3. The van der Waals surface area contributed by atoms with Crippen molar-refractivity contribution in [1.82, 2.24) is 0 Å². The highest BCUT2D eigenvalue weighted by atomic mass is 19.1. The quantitative estimate of drug-likeness (QED) is 0.579. The van der Waals surface area contributed by atoms with E-state index in [9.17, 15) is 4.39 Å². The molecule has 0 heterocycles. The summed E-state index contributed by atoms with van der Waals surface area (Å²) in [5, 5.41) is 0. The Bertz CT molecular complexity index is 873. The van der Waals surface area contributed by atoms with Gasteiger partial charge in [0, 0.05) is 11.1 Å². The van der Waals surface area contributed by atoms with E-state index in [0.29, 0.717) is 5.57 Å². The molecule has 0 saturated carbocycles. The van der Waals surface area contributed by atoms with Gasteiger partial charge in [0.25, 0.3) is 0 Å². The molecule has 3 aromatic rings. The van der Waals surface area contributed by atoms with Crippen LogP contribution >= 0.6 is 0 Å². The molecule has 0 bridgehead atoms. The van der Waals surface area contributed by atoms with Gasteiger partial charge in [-0.1, -0.05) is 66.6 Å². The Balaban J connectivity index is 2.03. The van der Waals surface area contributed by atoms with Crippen LogP contribution in [0.4, 0.5) is 4.39 Å². The molecule has 3 aromatic carbocycles. The molecule has 122 valence electrons. The molecule has 0 aliphatic heterocycles. The van der Waals surface area contributed by atoms with Crippen molar-refractivity contribution in [2.24, 2.45) is 0 Å². The van der Waals surface area contributed by atoms with Crippen molar-refractivity contribution in [3.63, 3.8) is 0 Å². The van der Waals surface area contributed by atoms with E-state index in [-0.39, 0.29) is 0 Å². The van der Waals surface area contributed by atoms with Crippen LogP contribution in [-0.2, 0) is 0 Å². The van der Waals surface area contributed by atoms with Gasteiger partial charge in [-0.25, -0.2) is 0 Å². The predicted molar refractivity (Wildman–Crippen MR) is 99.9 cm³/mol. The van der Waals surface area contributed by atoms with Crippen LogP contribution in [0.5, 0.6) is 5.75 Å². The van der Waals surface area contributed by atoms with Gasteiger partial charge >= 0.3 is 0 Å². The molecule has 2 heteroatoms. The highest BCUT2D eigenvalue weighted by molar-refractivity contribution is 5.83. The molecule has 0 saturated heterocycles. The number of hydrogen-bond donors (Lipinski definition) is 0. The number of allylic oxidation sites excluding steroid dienone is 1. The molecule has 0 unspecified atom stereocenters. The first kappa shape index (κ1) is 16.5. The summed E-state index contributed by atoms with van der Waals surface area (Å²) in [6, 6.07) is 26.2. The Kier molecular flexibility index (Phi) is 5.29. The third-order valence-corrected chi connectivity index (χ3v) is 3.75. The van der Waals surface area contributed by atoms with E-state index in [4.69, 9.17) is 4.74 Å². The van der Waals surface area contributed by atoms with Gasteiger partial charge in [-0.05, 0) is 41.3 Å². The average molecular weight is 328 g/mol. The van der Waals surface area contributed by atoms with E-state index in [1.165, 1.54) is 0 Å². The van der Waals surface area contributed by atoms with Crippen LogP contribution in [0.25, 0.3) is 5.57 Å². The first-order valence-corrected chi connectivity index (χ1v) is 7.94. The topological polar surface area (TPSA) is 9.23 Å². The van der Waals surface area contributed by atoms with Crippen molar-refractivity contribution < 1.29 is 9.13 Å². The SMILES string of the molecule is COc1ccc(C#CC(F)=C(c2ccccc2)c2ccccc2)cc1. The fourth-order valence-electron chi connectivity index (χ4n) is 2.49. The van der Waals surface area contributed by atoms with Gasteiger partial charge in [0.2, 0.25) is 0 Å². The van der Waals surface area contributed by atoms with Gasteiger partial charge in [0.05, 0.1) is 7.11 Å². The number of halogens is 1. The monoisotopic (exact) mass is 328 g/mol. The Morgan fingerprint density at radius 2 is 1.28 bits per heavy atom. The van der Waals surface area contributed by atoms with Gasteiger partial charge in [-0.3, -0.25) is 0 Å². The molecule has 0 amide bonds. The molecule has 3 rings (SSSR count). The maximum absolute atomic E-state index is 15.0. The zero-order valence-electron chi connectivity index (χ0n) is 13.9. The number of hydrogen-bond acceptors (Lipinski definition) is 1. The fraction of sp³-hybridized carbons (Fsp3) is 0.0435. The van der Waals surface area contributed by atoms with E-state index in [2.05, 4.69) is 11.8 Å². The smallest absolute Gasteiger partial charge is 0.181 e. The summed E-state index contributed by atoms with van der Waals surface area (Å²) >= 11 is 0. The first-order chi connectivity index (χ1) is 12.3. The molecule has 0 aliphatic carbocycles. The maximum Gasteiger partial charge on any atom is 0.181 e. The third kappa shape index (κ3) is 4.16. The van der Waals surface area contributed by atoms with Crippen molar-refractivity contribution in [2.45, 2.75) is 0 Å². The average Bonchev–Trinajstić information content (AvgIpc) is 2.69. The minimum Gasteiger partial charge on any atom is -0.497 e. The molecule has 1 nitrogen and oxygen atoms in total. The van der Waals surface area contributed by atoms with Crippen molar-refractivity contribution in [3.8, 4) is 17.6 Å². The van der Waals surface area contributed by atoms with Crippen LogP contribution in [0.1, 0.15) is 16.7 Å².